The van der Waals surface area contributed by atoms with Crippen molar-refractivity contribution in [2.45, 2.75) is 13.5 Å². The number of hydrogen-bond acceptors (Lipinski definition) is 5. The van der Waals surface area contributed by atoms with Crippen molar-refractivity contribution < 1.29 is 4.74 Å². The minimum absolute atomic E-state index is 0.498. The van der Waals surface area contributed by atoms with Gasteiger partial charge in [0.25, 0.3) is 0 Å². The predicted molar refractivity (Wildman–Crippen MR) is 88.2 cm³/mol. The number of nitrogens with one attached hydrogen (secondary N) is 1. The fourth-order valence-corrected chi connectivity index (χ4v) is 1.97. The summed E-state index contributed by atoms with van der Waals surface area (Å²) >= 11 is 0. The molecule has 0 fully saturated rings. The van der Waals surface area contributed by atoms with Gasteiger partial charge in [-0.2, -0.15) is 5.10 Å². The van der Waals surface area contributed by atoms with Gasteiger partial charge in [0.05, 0.1) is 19.3 Å². The summed E-state index contributed by atoms with van der Waals surface area (Å²) < 4.78 is 7.35. The van der Waals surface area contributed by atoms with Crippen LogP contribution in [0.5, 0.6) is 5.75 Å². The van der Waals surface area contributed by atoms with Crippen LogP contribution in [0.15, 0.2) is 35.8 Å². The van der Waals surface area contributed by atoms with Gasteiger partial charge in [0.2, 0.25) is 0 Å². The summed E-state index contributed by atoms with van der Waals surface area (Å²) in [4.78, 5) is 14.8. The second-order valence-electron chi connectivity index (χ2n) is 4.93. The molecule has 0 aliphatic heterocycles. The predicted octanol–water partition coefficient (Wildman–Crippen LogP) is 0.686. The number of ether oxygens (including phenoxy) is 1. The van der Waals surface area contributed by atoms with Crippen LogP contribution in [0, 0.1) is 0 Å². The highest BCUT2D eigenvalue weighted by Gasteiger charge is 2.09. The van der Waals surface area contributed by atoms with Gasteiger partial charge in [-0.15, -0.1) is 0 Å². The molecule has 0 atom stereocenters. The Hall–Kier alpha value is -2.64. The highest BCUT2D eigenvalue weighted by atomic mass is 16.5. The van der Waals surface area contributed by atoms with Gasteiger partial charge < -0.3 is 15.0 Å². The van der Waals surface area contributed by atoms with E-state index in [0.29, 0.717) is 19.7 Å². The number of guanidine groups is 1. The maximum absolute atomic E-state index is 5.60. The van der Waals surface area contributed by atoms with Crippen LogP contribution in [0.25, 0.3) is 0 Å². The molecule has 0 aromatic carbocycles. The lowest BCUT2D eigenvalue weighted by Crippen LogP contribution is -2.39. The van der Waals surface area contributed by atoms with Gasteiger partial charge in [0.15, 0.2) is 5.96 Å². The Bertz CT molecular complexity index is 611. The number of nitrogens with zero attached hydrogens (tertiary/aromatic N) is 6. The molecule has 23 heavy (non-hydrogen) atoms. The molecule has 0 amide bonds. The molecule has 0 saturated heterocycles. The SMILES string of the molecule is CCNC(=NCCOc1cccnc1)N(C)Cc1ncnn1C. The monoisotopic (exact) mass is 317 g/mol. The van der Waals surface area contributed by atoms with E-state index in [0.717, 1.165) is 24.1 Å². The third-order valence-corrected chi connectivity index (χ3v) is 3.14. The Morgan fingerprint density at radius 1 is 1.48 bits per heavy atom. The molecule has 124 valence electrons. The zero-order chi connectivity index (χ0) is 16.5. The smallest absolute Gasteiger partial charge is 0.194 e. The van der Waals surface area contributed by atoms with Crippen molar-refractivity contribution in [1.29, 1.82) is 0 Å². The van der Waals surface area contributed by atoms with Crippen LogP contribution in [0.4, 0.5) is 0 Å². The Balaban J connectivity index is 1.87. The molecule has 0 spiro atoms. The van der Waals surface area contributed by atoms with Crippen LogP contribution in [-0.2, 0) is 13.6 Å². The van der Waals surface area contributed by atoms with Crippen molar-refractivity contribution in [3.63, 3.8) is 0 Å². The number of pyridine rings is 1. The van der Waals surface area contributed by atoms with E-state index in [1.807, 2.05) is 38.1 Å². The topological polar surface area (TPSA) is 80.5 Å². The van der Waals surface area contributed by atoms with Gasteiger partial charge in [-0.3, -0.25) is 9.67 Å². The molecule has 0 aliphatic carbocycles. The van der Waals surface area contributed by atoms with Crippen LogP contribution in [-0.4, -0.2) is 57.4 Å². The molecule has 0 radical (unpaired) electrons. The zero-order valence-corrected chi connectivity index (χ0v) is 13.8. The lowest BCUT2D eigenvalue weighted by atomic mass is 10.5. The van der Waals surface area contributed by atoms with Crippen molar-refractivity contribution in [2.24, 2.45) is 12.0 Å². The van der Waals surface area contributed by atoms with Gasteiger partial charge in [-0.1, -0.05) is 0 Å². The van der Waals surface area contributed by atoms with E-state index in [1.165, 1.54) is 0 Å². The first-order valence-electron chi connectivity index (χ1n) is 7.56. The first kappa shape index (κ1) is 16.7. The molecule has 2 aromatic heterocycles. The van der Waals surface area contributed by atoms with Gasteiger partial charge in [-0.05, 0) is 19.1 Å². The summed E-state index contributed by atoms with van der Waals surface area (Å²) in [7, 11) is 3.85. The Kier molecular flexibility index (Phi) is 6.34. The number of hydrogen-bond donors (Lipinski definition) is 1. The average molecular weight is 317 g/mol. The molecule has 0 unspecified atom stereocenters. The maximum atomic E-state index is 5.60. The van der Waals surface area contributed by atoms with E-state index in [9.17, 15) is 0 Å². The highest BCUT2D eigenvalue weighted by Crippen LogP contribution is 2.05. The molecular formula is C15H23N7O. The van der Waals surface area contributed by atoms with Crippen molar-refractivity contribution in [1.82, 2.24) is 30.0 Å². The van der Waals surface area contributed by atoms with Crippen molar-refractivity contribution in [3.8, 4) is 5.75 Å². The van der Waals surface area contributed by atoms with E-state index < -0.39 is 0 Å². The minimum atomic E-state index is 0.498. The maximum Gasteiger partial charge on any atom is 0.194 e. The van der Waals surface area contributed by atoms with E-state index in [4.69, 9.17) is 4.74 Å². The summed E-state index contributed by atoms with van der Waals surface area (Å²) in [5.41, 5.74) is 0. The van der Waals surface area contributed by atoms with Crippen LogP contribution in [0.2, 0.25) is 0 Å². The minimum Gasteiger partial charge on any atom is -0.490 e. The van der Waals surface area contributed by atoms with E-state index in [-0.39, 0.29) is 0 Å². The summed E-state index contributed by atoms with van der Waals surface area (Å²) in [5.74, 6) is 2.44. The van der Waals surface area contributed by atoms with Gasteiger partial charge in [0.1, 0.15) is 24.5 Å². The molecule has 0 saturated carbocycles. The third-order valence-electron chi connectivity index (χ3n) is 3.14. The van der Waals surface area contributed by atoms with Crippen molar-refractivity contribution in [3.05, 3.63) is 36.7 Å². The molecule has 0 aliphatic rings. The molecule has 8 heteroatoms. The molecule has 2 aromatic rings. The summed E-state index contributed by atoms with van der Waals surface area (Å²) in [6, 6.07) is 3.72. The summed E-state index contributed by atoms with van der Waals surface area (Å²) in [6.45, 7) is 4.52. The second kappa shape index (κ2) is 8.72. The van der Waals surface area contributed by atoms with Gasteiger partial charge in [-0.25, -0.2) is 9.98 Å². The molecule has 8 nitrogen and oxygen atoms in total. The van der Waals surface area contributed by atoms with E-state index in [1.54, 1.807) is 23.4 Å². The molecule has 1 N–H and O–H groups in total. The third kappa shape index (κ3) is 5.24. The lowest BCUT2D eigenvalue weighted by Gasteiger charge is -2.21. The van der Waals surface area contributed by atoms with E-state index >= 15 is 0 Å². The molecular weight excluding hydrogens is 294 g/mol. The molecule has 2 rings (SSSR count). The number of aliphatic imine (C=N–C) groups is 1. The van der Waals surface area contributed by atoms with Gasteiger partial charge >= 0.3 is 0 Å². The Morgan fingerprint density at radius 3 is 3.00 bits per heavy atom. The number of aromatic nitrogens is 4. The fraction of sp³-hybridized carbons (Fsp3) is 0.467. The number of aryl methyl sites for hydroxylation is 1. The highest BCUT2D eigenvalue weighted by molar-refractivity contribution is 5.79. The van der Waals surface area contributed by atoms with Crippen LogP contribution in [0.3, 0.4) is 0 Å². The van der Waals surface area contributed by atoms with Gasteiger partial charge in [0, 0.05) is 26.8 Å². The quantitative estimate of drug-likeness (QED) is 0.460. The van der Waals surface area contributed by atoms with Crippen LogP contribution < -0.4 is 10.1 Å². The fourth-order valence-electron chi connectivity index (χ4n) is 1.97. The Labute approximate surface area is 136 Å². The van der Waals surface area contributed by atoms with Crippen molar-refractivity contribution >= 4 is 5.96 Å². The van der Waals surface area contributed by atoms with Crippen LogP contribution in [0.1, 0.15) is 12.7 Å². The zero-order valence-electron chi connectivity index (χ0n) is 13.8. The van der Waals surface area contributed by atoms with Crippen molar-refractivity contribution in [2.75, 3.05) is 26.7 Å². The Morgan fingerprint density at radius 2 is 2.35 bits per heavy atom. The first-order chi connectivity index (χ1) is 11.2. The van der Waals surface area contributed by atoms with Crippen LogP contribution >= 0.6 is 0 Å². The lowest BCUT2D eigenvalue weighted by molar-refractivity contribution is 0.326. The summed E-state index contributed by atoms with van der Waals surface area (Å²) in [6.07, 6.45) is 4.96. The first-order valence-corrected chi connectivity index (χ1v) is 7.56. The van der Waals surface area contributed by atoms with E-state index in [2.05, 4.69) is 25.4 Å². The average Bonchev–Trinajstić information content (AvgIpc) is 2.96. The standard InChI is InChI=1S/C15H23N7O/c1-4-17-15(21(2)11-14-19-12-20-22(14)3)18-8-9-23-13-6-5-7-16-10-13/h5-7,10,12H,4,8-9,11H2,1-3H3,(H,17,18). The molecule has 2 heterocycles. The molecule has 0 bridgehead atoms. The summed E-state index contributed by atoms with van der Waals surface area (Å²) in [5, 5.41) is 7.34. The number of rotatable bonds is 7. The normalized spacial score (nSPS) is 11.3. The second-order valence-corrected chi connectivity index (χ2v) is 4.93. The largest absolute Gasteiger partial charge is 0.490 e.